The lowest BCUT2D eigenvalue weighted by atomic mass is 9.83. The number of nitrogens with two attached hydrogens (primary N) is 1. The Hall–Kier alpha value is -1.62. The minimum atomic E-state index is -0.941. The molecule has 0 radical (unpaired) electrons. The standard InChI is InChI=1S/C14H20FNO3/c1-4-19-13(17)14(2,9-16)8-10-6-5-7-11(18-3)12(10)15/h5-7H,4,8-9,16H2,1-3H3. The van der Waals surface area contributed by atoms with Crippen LogP contribution in [0.4, 0.5) is 4.39 Å². The number of hydrogen-bond acceptors (Lipinski definition) is 4. The average Bonchev–Trinajstić information content (AvgIpc) is 2.41. The van der Waals surface area contributed by atoms with Crippen molar-refractivity contribution >= 4 is 5.97 Å². The molecule has 0 amide bonds. The van der Waals surface area contributed by atoms with E-state index in [1.807, 2.05) is 0 Å². The van der Waals surface area contributed by atoms with Gasteiger partial charge in [-0.1, -0.05) is 12.1 Å². The Bertz CT molecular complexity index is 450. The second kappa shape index (κ2) is 6.52. The molecule has 1 rings (SSSR count). The number of methoxy groups -OCH3 is 1. The molecule has 1 unspecified atom stereocenters. The molecule has 0 heterocycles. The minimum absolute atomic E-state index is 0.0858. The highest BCUT2D eigenvalue weighted by Gasteiger charge is 2.34. The lowest BCUT2D eigenvalue weighted by Gasteiger charge is -2.25. The number of esters is 1. The van der Waals surface area contributed by atoms with Gasteiger partial charge in [0.05, 0.1) is 19.1 Å². The van der Waals surface area contributed by atoms with Crippen LogP contribution in [0.5, 0.6) is 5.75 Å². The molecule has 2 N–H and O–H groups in total. The molecule has 0 bridgehead atoms. The Kier molecular flexibility index (Phi) is 5.30. The summed E-state index contributed by atoms with van der Waals surface area (Å²) in [4.78, 5) is 11.9. The molecule has 0 aliphatic heterocycles. The Morgan fingerprint density at radius 3 is 2.68 bits per heavy atom. The predicted octanol–water partition coefficient (Wildman–Crippen LogP) is 1.90. The van der Waals surface area contributed by atoms with E-state index in [0.717, 1.165) is 0 Å². The Morgan fingerprint density at radius 1 is 1.47 bits per heavy atom. The second-order valence-electron chi connectivity index (χ2n) is 4.60. The van der Waals surface area contributed by atoms with Crippen molar-refractivity contribution in [3.8, 4) is 5.75 Å². The first-order valence-electron chi connectivity index (χ1n) is 6.17. The molecule has 19 heavy (non-hydrogen) atoms. The van der Waals surface area contributed by atoms with Crippen molar-refractivity contribution in [2.45, 2.75) is 20.3 Å². The van der Waals surface area contributed by atoms with Gasteiger partial charge in [-0.05, 0) is 31.9 Å². The zero-order chi connectivity index (χ0) is 14.5. The van der Waals surface area contributed by atoms with E-state index in [-0.39, 0.29) is 25.3 Å². The molecule has 5 heteroatoms. The van der Waals surface area contributed by atoms with Crippen molar-refractivity contribution in [2.24, 2.45) is 11.1 Å². The quantitative estimate of drug-likeness (QED) is 0.801. The first-order valence-corrected chi connectivity index (χ1v) is 6.17. The van der Waals surface area contributed by atoms with Gasteiger partial charge in [0.1, 0.15) is 0 Å². The van der Waals surface area contributed by atoms with Crippen LogP contribution in [0.2, 0.25) is 0 Å². The number of ether oxygens (including phenoxy) is 2. The van der Waals surface area contributed by atoms with Crippen LogP contribution in [0.3, 0.4) is 0 Å². The highest BCUT2D eigenvalue weighted by molar-refractivity contribution is 5.77. The Labute approximate surface area is 112 Å². The van der Waals surface area contributed by atoms with Gasteiger partial charge < -0.3 is 15.2 Å². The van der Waals surface area contributed by atoms with E-state index in [4.69, 9.17) is 15.2 Å². The fraction of sp³-hybridized carbons (Fsp3) is 0.500. The molecule has 1 atom stereocenters. The summed E-state index contributed by atoms with van der Waals surface area (Å²) >= 11 is 0. The van der Waals surface area contributed by atoms with Crippen LogP contribution < -0.4 is 10.5 Å². The average molecular weight is 269 g/mol. The summed E-state index contributed by atoms with van der Waals surface area (Å²) in [7, 11) is 1.40. The lowest BCUT2D eigenvalue weighted by molar-refractivity contribution is -0.153. The van der Waals surface area contributed by atoms with E-state index in [2.05, 4.69) is 0 Å². The van der Waals surface area contributed by atoms with Gasteiger partial charge in [-0.3, -0.25) is 4.79 Å². The van der Waals surface area contributed by atoms with Gasteiger partial charge in [0.2, 0.25) is 0 Å². The molecule has 0 aliphatic rings. The number of halogens is 1. The summed E-state index contributed by atoms with van der Waals surface area (Å²) in [6.07, 6.45) is 0.172. The summed E-state index contributed by atoms with van der Waals surface area (Å²) in [5, 5.41) is 0. The molecule has 0 aromatic heterocycles. The van der Waals surface area contributed by atoms with Crippen LogP contribution in [-0.2, 0) is 16.0 Å². The van der Waals surface area contributed by atoms with Crippen molar-refractivity contribution in [3.63, 3.8) is 0 Å². The van der Waals surface area contributed by atoms with Gasteiger partial charge in [0.15, 0.2) is 11.6 Å². The fourth-order valence-electron chi connectivity index (χ4n) is 1.80. The van der Waals surface area contributed by atoms with Crippen LogP contribution in [0.25, 0.3) is 0 Å². The molecule has 0 saturated heterocycles. The zero-order valence-electron chi connectivity index (χ0n) is 11.5. The fourth-order valence-corrected chi connectivity index (χ4v) is 1.80. The summed E-state index contributed by atoms with van der Waals surface area (Å²) in [5.41, 5.74) is 5.10. The first-order chi connectivity index (χ1) is 8.98. The zero-order valence-corrected chi connectivity index (χ0v) is 11.5. The maximum Gasteiger partial charge on any atom is 0.313 e. The maximum atomic E-state index is 14.1. The third-order valence-corrected chi connectivity index (χ3v) is 3.06. The molecule has 4 nitrogen and oxygen atoms in total. The summed E-state index contributed by atoms with van der Waals surface area (Å²) < 4.78 is 24.0. The number of benzene rings is 1. The first kappa shape index (κ1) is 15.4. The number of rotatable bonds is 6. The van der Waals surface area contributed by atoms with E-state index in [0.29, 0.717) is 5.56 Å². The predicted molar refractivity (Wildman–Crippen MR) is 70.5 cm³/mol. The highest BCUT2D eigenvalue weighted by Crippen LogP contribution is 2.28. The van der Waals surface area contributed by atoms with Crippen molar-refractivity contribution in [1.82, 2.24) is 0 Å². The lowest BCUT2D eigenvalue weighted by Crippen LogP contribution is -2.39. The van der Waals surface area contributed by atoms with E-state index < -0.39 is 17.2 Å². The van der Waals surface area contributed by atoms with E-state index >= 15 is 0 Å². The molecule has 106 valence electrons. The van der Waals surface area contributed by atoms with Crippen LogP contribution >= 0.6 is 0 Å². The van der Waals surface area contributed by atoms with Gasteiger partial charge >= 0.3 is 5.97 Å². The van der Waals surface area contributed by atoms with Crippen molar-refractivity contribution in [1.29, 1.82) is 0 Å². The maximum absolute atomic E-state index is 14.1. The van der Waals surface area contributed by atoms with Gasteiger partial charge in [-0.25, -0.2) is 4.39 Å². The van der Waals surface area contributed by atoms with Crippen molar-refractivity contribution < 1.29 is 18.7 Å². The monoisotopic (exact) mass is 269 g/mol. The molecule has 0 spiro atoms. The van der Waals surface area contributed by atoms with Crippen LogP contribution in [-0.4, -0.2) is 26.2 Å². The van der Waals surface area contributed by atoms with Crippen molar-refractivity contribution in [3.05, 3.63) is 29.6 Å². The van der Waals surface area contributed by atoms with Gasteiger partial charge in [0.25, 0.3) is 0 Å². The van der Waals surface area contributed by atoms with E-state index in [1.165, 1.54) is 13.2 Å². The second-order valence-corrected chi connectivity index (χ2v) is 4.60. The number of carbonyl (C=O) groups is 1. The Balaban J connectivity index is 3.01. The largest absolute Gasteiger partial charge is 0.494 e. The summed E-state index contributed by atoms with van der Waals surface area (Å²) in [6, 6.07) is 4.83. The van der Waals surface area contributed by atoms with Gasteiger partial charge in [-0.2, -0.15) is 0 Å². The Morgan fingerprint density at radius 2 is 2.16 bits per heavy atom. The number of hydrogen-bond donors (Lipinski definition) is 1. The van der Waals surface area contributed by atoms with Crippen LogP contribution in [0.15, 0.2) is 18.2 Å². The molecular formula is C14H20FNO3. The SMILES string of the molecule is CCOC(=O)C(C)(CN)Cc1cccc(OC)c1F. The normalized spacial score (nSPS) is 13.7. The molecule has 0 fully saturated rings. The van der Waals surface area contributed by atoms with Gasteiger partial charge in [0, 0.05) is 6.54 Å². The topological polar surface area (TPSA) is 61.5 Å². The van der Waals surface area contributed by atoms with E-state index in [9.17, 15) is 9.18 Å². The van der Waals surface area contributed by atoms with Gasteiger partial charge in [-0.15, -0.1) is 0 Å². The smallest absolute Gasteiger partial charge is 0.313 e. The van der Waals surface area contributed by atoms with Crippen molar-refractivity contribution in [2.75, 3.05) is 20.3 Å². The van der Waals surface area contributed by atoms with E-state index in [1.54, 1.807) is 26.0 Å². The highest BCUT2D eigenvalue weighted by atomic mass is 19.1. The van der Waals surface area contributed by atoms with Crippen LogP contribution in [0.1, 0.15) is 19.4 Å². The molecule has 0 aliphatic carbocycles. The molecule has 1 aromatic carbocycles. The molecular weight excluding hydrogens is 249 g/mol. The minimum Gasteiger partial charge on any atom is -0.494 e. The third kappa shape index (κ3) is 3.44. The summed E-state index contributed by atoms with van der Waals surface area (Å²) in [5.74, 6) is -0.727. The third-order valence-electron chi connectivity index (χ3n) is 3.06. The molecule has 0 saturated carbocycles. The number of carbonyl (C=O) groups excluding carboxylic acids is 1. The summed E-state index contributed by atoms with van der Waals surface area (Å²) in [6.45, 7) is 3.75. The van der Waals surface area contributed by atoms with Crippen LogP contribution in [0, 0.1) is 11.2 Å². The molecule has 1 aromatic rings.